The van der Waals surface area contributed by atoms with Gasteiger partial charge in [0.15, 0.2) is 16.6 Å². The number of rotatable bonds is 8. The highest BCUT2D eigenvalue weighted by Crippen LogP contribution is 2.38. The molecule has 0 fully saturated rings. The molecule has 34 heavy (non-hydrogen) atoms. The number of nitrogens with one attached hydrogen (secondary N) is 2. The van der Waals surface area contributed by atoms with Gasteiger partial charge >= 0.3 is 0 Å². The highest BCUT2D eigenvalue weighted by atomic mass is 32.1. The molecule has 8 heteroatoms. The van der Waals surface area contributed by atoms with Gasteiger partial charge in [-0.25, -0.2) is 4.39 Å². The maximum atomic E-state index is 13.9. The molecule has 0 aliphatic rings. The third-order valence-corrected chi connectivity index (χ3v) is 5.94. The fraction of sp³-hybridized carbons (Fsp3) is 0.423. The van der Waals surface area contributed by atoms with E-state index in [-0.39, 0.29) is 11.4 Å². The van der Waals surface area contributed by atoms with E-state index in [4.69, 9.17) is 26.4 Å². The number of ether oxygens (including phenoxy) is 3. The van der Waals surface area contributed by atoms with Crippen molar-refractivity contribution in [1.82, 2.24) is 15.2 Å². The molecular formula is C26H34FN3O3S. The molecule has 0 atom stereocenters. The number of H-pyrrole nitrogens is 1. The van der Waals surface area contributed by atoms with Crippen molar-refractivity contribution in [2.45, 2.75) is 46.2 Å². The van der Waals surface area contributed by atoms with Crippen LogP contribution in [0.15, 0.2) is 30.3 Å². The number of nitrogens with zero attached hydrogens (tertiary/aromatic N) is 1. The lowest BCUT2D eigenvalue weighted by Crippen LogP contribution is -2.48. The van der Waals surface area contributed by atoms with Crippen molar-refractivity contribution in [3.05, 3.63) is 53.0 Å². The number of methoxy groups -OCH3 is 3. The molecule has 0 radical (unpaired) electrons. The summed E-state index contributed by atoms with van der Waals surface area (Å²) in [6, 6.07) is 8.70. The number of benzene rings is 2. The third kappa shape index (κ3) is 5.91. The highest BCUT2D eigenvalue weighted by molar-refractivity contribution is 7.80. The van der Waals surface area contributed by atoms with E-state index in [1.54, 1.807) is 33.5 Å². The van der Waals surface area contributed by atoms with Crippen LogP contribution in [0.3, 0.4) is 0 Å². The van der Waals surface area contributed by atoms with E-state index in [0.717, 1.165) is 27.7 Å². The van der Waals surface area contributed by atoms with Gasteiger partial charge in [-0.05, 0) is 87.8 Å². The van der Waals surface area contributed by atoms with Crippen molar-refractivity contribution in [2.75, 3.05) is 27.9 Å². The monoisotopic (exact) mass is 487 g/mol. The second kappa shape index (κ2) is 10.5. The van der Waals surface area contributed by atoms with Crippen molar-refractivity contribution >= 4 is 28.2 Å². The van der Waals surface area contributed by atoms with Crippen LogP contribution in [0.4, 0.5) is 4.39 Å². The Hall–Kier alpha value is -3.00. The van der Waals surface area contributed by atoms with E-state index < -0.39 is 0 Å². The van der Waals surface area contributed by atoms with Crippen LogP contribution in [0.5, 0.6) is 17.2 Å². The molecule has 3 rings (SSSR count). The Morgan fingerprint density at radius 3 is 2.26 bits per heavy atom. The van der Waals surface area contributed by atoms with Crippen LogP contribution in [0.25, 0.3) is 10.9 Å². The van der Waals surface area contributed by atoms with Crippen LogP contribution in [-0.2, 0) is 13.0 Å². The molecule has 0 bridgehead atoms. The van der Waals surface area contributed by atoms with Gasteiger partial charge in [0.25, 0.3) is 0 Å². The molecule has 0 aliphatic heterocycles. The van der Waals surface area contributed by atoms with Crippen LogP contribution in [-0.4, -0.2) is 48.4 Å². The Labute approximate surface area is 206 Å². The number of aryl methyl sites for hydroxylation is 1. The fourth-order valence-corrected chi connectivity index (χ4v) is 4.48. The van der Waals surface area contributed by atoms with Crippen molar-refractivity contribution in [2.24, 2.45) is 0 Å². The number of thiocarbonyl (C=S) groups is 1. The number of hydrogen-bond acceptors (Lipinski definition) is 4. The van der Waals surface area contributed by atoms with Crippen molar-refractivity contribution < 1.29 is 18.6 Å². The Morgan fingerprint density at radius 2 is 1.71 bits per heavy atom. The Bertz CT molecular complexity index is 1150. The zero-order chi connectivity index (χ0) is 25.0. The number of aromatic nitrogens is 1. The molecule has 2 aromatic carbocycles. The molecule has 0 unspecified atom stereocenters. The minimum absolute atomic E-state index is 0.190. The maximum Gasteiger partial charge on any atom is 0.203 e. The largest absolute Gasteiger partial charge is 0.493 e. The summed E-state index contributed by atoms with van der Waals surface area (Å²) in [6.07, 6.45) is 0.700. The number of halogens is 1. The van der Waals surface area contributed by atoms with Crippen LogP contribution < -0.4 is 19.5 Å². The van der Waals surface area contributed by atoms with E-state index in [1.807, 2.05) is 19.1 Å². The maximum absolute atomic E-state index is 13.9. The Kier molecular flexibility index (Phi) is 7.92. The molecular weight excluding hydrogens is 453 g/mol. The van der Waals surface area contributed by atoms with Crippen LogP contribution in [0.1, 0.15) is 37.6 Å². The predicted molar refractivity (Wildman–Crippen MR) is 139 cm³/mol. The van der Waals surface area contributed by atoms with Crippen molar-refractivity contribution in [3.63, 3.8) is 0 Å². The molecule has 3 aromatic rings. The van der Waals surface area contributed by atoms with Gasteiger partial charge in [0, 0.05) is 35.2 Å². The molecule has 0 saturated heterocycles. The van der Waals surface area contributed by atoms with Crippen LogP contribution in [0.2, 0.25) is 0 Å². The van der Waals surface area contributed by atoms with Crippen molar-refractivity contribution in [1.29, 1.82) is 0 Å². The molecule has 6 nitrogen and oxygen atoms in total. The summed E-state index contributed by atoms with van der Waals surface area (Å²) in [4.78, 5) is 5.47. The standard InChI is InChI=1S/C26H34FN3O3S/c1-16-19(20-14-18(27)8-9-21(20)28-16)10-11-30(25(34)29-26(2,3)4)15-17-12-22(31-5)24(33-7)23(13-17)32-6/h8-9,12-14,28H,10-11,15H2,1-7H3,(H,29,34). The Balaban J connectivity index is 1.92. The summed E-state index contributed by atoms with van der Waals surface area (Å²) in [6.45, 7) is 9.41. The smallest absolute Gasteiger partial charge is 0.203 e. The van der Waals surface area contributed by atoms with Crippen LogP contribution >= 0.6 is 12.2 Å². The number of aromatic amines is 1. The Morgan fingerprint density at radius 1 is 1.06 bits per heavy atom. The first kappa shape index (κ1) is 25.6. The molecule has 0 aliphatic carbocycles. The quantitative estimate of drug-likeness (QED) is 0.417. The summed E-state index contributed by atoms with van der Waals surface area (Å²) >= 11 is 5.80. The first-order chi connectivity index (χ1) is 16.1. The minimum atomic E-state index is -0.244. The van der Waals surface area contributed by atoms with E-state index >= 15 is 0 Å². The zero-order valence-corrected chi connectivity index (χ0v) is 21.8. The third-order valence-electron chi connectivity index (χ3n) is 5.58. The molecule has 0 spiro atoms. The molecule has 1 heterocycles. The van der Waals surface area contributed by atoms with E-state index in [2.05, 4.69) is 36.0 Å². The second-order valence-electron chi connectivity index (χ2n) is 9.30. The minimum Gasteiger partial charge on any atom is -0.493 e. The molecule has 1 aromatic heterocycles. The summed E-state index contributed by atoms with van der Waals surface area (Å²) in [5, 5.41) is 4.96. The zero-order valence-electron chi connectivity index (χ0n) is 21.0. The van der Waals surface area contributed by atoms with Gasteiger partial charge in [0.05, 0.1) is 21.3 Å². The lowest BCUT2D eigenvalue weighted by molar-refractivity contribution is 0.322. The highest BCUT2D eigenvalue weighted by Gasteiger charge is 2.20. The van der Waals surface area contributed by atoms with Crippen molar-refractivity contribution in [3.8, 4) is 17.2 Å². The summed E-state index contributed by atoms with van der Waals surface area (Å²) in [7, 11) is 4.79. The molecule has 0 amide bonds. The van der Waals surface area contributed by atoms with E-state index in [0.29, 0.717) is 41.9 Å². The first-order valence-corrected chi connectivity index (χ1v) is 11.6. The van der Waals surface area contributed by atoms with Gasteiger partial charge in [-0.15, -0.1) is 0 Å². The van der Waals surface area contributed by atoms with Gasteiger partial charge in [-0.2, -0.15) is 0 Å². The first-order valence-electron chi connectivity index (χ1n) is 11.2. The van der Waals surface area contributed by atoms with Crippen LogP contribution in [0, 0.1) is 12.7 Å². The number of hydrogen-bond donors (Lipinski definition) is 2. The SMILES string of the molecule is COc1cc(CN(CCc2c(C)[nH]c3ccc(F)cc23)C(=S)NC(C)(C)C)cc(OC)c1OC. The lowest BCUT2D eigenvalue weighted by Gasteiger charge is -2.31. The van der Waals surface area contributed by atoms with Gasteiger partial charge < -0.3 is 29.4 Å². The van der Waals surface area contributed by atoms with Gasteiger partial charge in [0.1, 0.15) is 5.82 Å². The normalized spacial score (nSPS) is 11.4. The summed E-state index contributed by atoms with van der Waals surface area (Å²) in [5.74, 6) is 1.49. The van der Waals surface area contributed by atoms with Gasteiger partial charge in [-0.1, -0.05) is 0 Å². The lowest BCUT2D eigenvalue weighted by atomic mass is 10.1. The second-order valence-corrected chi connectivity index (χ2v) is 9.69. The average molecular weight is 488 g/mol. The van der Waals surface area contributed by atoms with Gasteiger partial charge in [-0.3, -0.25) is 0 Å². The summed E-state index contributed by atoms with van der Waals surface area (Å²) in [5.41, 5.74) is 3.82. The fourth-order valence-electron chi connectivity index (χ4n) is 4.02. The topological polar surface area (TPSA) is 58.8 Å². The molecule has 184 valence electrons. The van der Waals surface area contributed by atoms with E-state index in [9.17, 15) is 4.39 Å². The van der Waals surface area contributed by atoms with Gasteiger partial charge in [0.2, 0.25) is 5.75 Å². The number of fused-ring (bicyclic) bond motifs is 1. The van der Waals surface area contributed by atoms with E-state index in [1.165, 1.54) is 6.07 Å². The molecule has 0 saturated carbocycles. The summed E-state index contributed by atoms with van der Waals surface area (Å²) < 4.78 is 30.4. The average Bonchev–Trinajstić information content (AvgIpc) is 3.08. The molecule has 2 N–H and O–H groups in total. The predicted octanol–water partition coefficient (Wildman–Crippen LogP) is 5.36.